The van der Waals surface area contributed by atoms with Crippen LogP contribution < -0.4 is 10.5 Å². The number of rotatable bonds is 6. The number of nitrogens with zero attached hydrogens (tertiary/aromatic N) is 3. The lowest BCUT2D eigenvalue weighted by atomic mass is 10.0. The molecule has 0 amide bonds. The minimum atomic E-state index is -0.248. The number of aromatic nitrogens is 3. The molecule has 0 aliphatic heterocycles. The van der Waals surface area contributed by atoms with Crippen molar-refractivity contribution in [2.45, 2.75) is 26.3 Å². The first-order chi connectivity index (χ1) is 12.0. The van der Waals surface area contributed by atoms with Crippen LogP contribution in [0.15, 0.2) is 47.2 Å². The van der Waals surface area contributed by atoms with Gasteiger partial charge in [0.15, 0.2) is 5.82 Å². The second-order valence-electron chi connectivity index (χ2n) is 6.12. The molecule has 1 aromatic carbocycles. The lowest BCUT2D eigenvalue weighted by Gasteiger charge is -2.09. The largest absolute Gasteiger partial charge is 0.456 e. The molecule has 2 heterocycles. The average Bonchev–Trinajstić information content (AvgIpc) is 3.07. The van der Waals surface area contributed by atoms with Crippen LogP contribution in [-0.4, -0.2) is 15.1 Å². The Bertz CT molecular complexity index is 836. The first-order valence-electron chi connectivity index (χ1n) is 8.00. The maximum absolute atomic E-state index is 6.31. The van der Waals surface area contributed by atoms with Crippen molar-refractivity contribution in [1.82, 2.24) is 15.1 Å². The number of hydrogen-bond donors (Lipinski definition) is 1. The number of benzene rings is 1. The van der Waals surface area contributed by atoms with E-state index in [4.69, 9.17) is 26.6 Å². The normalized spacial score (nSPS) is 12.4. The number of nitrogens with two attached hydrogens (primary N) is 1. The molecule has 0 aliphatic rings. The van der Waals surface area contributed by atoms with Crippen molar-refractivity contribution in [2.75, 3.05) is 0 Å². The fraction of sp³-hybridized carbons (Fsp3) is 0.278. The van der Waals surface area contributed by atoms with Gasteiger partial charge in [-0.15, -0.1) is 0 Å². The molecule has 1 atom stereocenters. The van der Waals surface area contributed by atoms with Crippen LogP contribution in [0.4, 0.5) is 0 Å². The van der Waals surface area contributed by atoms with Crippen molar-refractivity contribution in [3.63, 3.8) is 0 Å². The van der Waals surface area contributed by atoms with Gasteiger partial charge in [-0.3, -0.25) is 4.98 Å². The van der Waals surface area contributed by atoms with Gasteiger partial charge in [-0.1, -0.05) is 30.6 Å². The molecule has 0 saturated heterocycles. The third-order valence-corrected chi connectivity index (χ3v) is 3.85. The predicted molar refractivity (Wildman–Crippen MR) is 95.4 cm³/mol. The molecule has 0 fully saturated rings. The van der Waals surface area contributed by atoms with Crippen molar-refractivity contribution in [3.05, 3.63) is 53.6 Å². The van der Waals surface area contributed by atoms with Crippen LogP contribution >= 0.6 is 11.6 Å². The maximum Gasteiger partial charge on any atom is 0.258 e. The topological polar surface area (TPSA) is 87.1 Å². The molecule has 0 spiro atoms. The standard InChI is InChI=1S/C18H19ClN4O2/c1-11(2)9-15(20)17-22-18(25-23-17)12-3-4-16(14(19)10-12)24-13-5-7-21-8-6-13/h3-8,10-11,15H,9,20H2,1-2H3. The molecular formula is C18H19ClN4O2. The fourth-order valence-corrected chi connectivity index (χ4v) is 2.59. The summed E-state index contributed by atoms with van der Waals surface area (Å²) in [4.78, 5) is 8.32. The number of ether oxygens (including phenoxy) is 1. The summed E-state index contributed by atoms with van der Waals surface area (Å²) in [6.07, 6.45) is 4.09. The zero-order valence-electron chi connectivity index (χ0n) is 14.0. The van der Waals surface area contributed by atoms with Crippen LogP contribution in [0.1, 0.15) is 32.1 Å². The summed E-state index contributed by atoms with van der Waals surface area (Å²) in [6, 6.07) is 8.56. The zero-order chi connectivity index (χ0) is 17.8. The third kappa shape index (κ3) is 4.35. The highest BCUT2D eigenvalue weighted by atomic mass is 35.5. The summed E-state index contributed by atoms with van der Waals surface area (Å²) < 4.78 is 11.0. The van der Waals surface area contributed by atoms with E-state index in [0.717, 1.165) is 6.42 Å². The molecule has 0 bridgehead atoms. The summed E-state index contributed by atoms with van der Waals surface area (Å²) >= 11 is 6.31. The van der Waals surface area contributed by atoms with Gasteiger partial charge in [-0.05, 0) is 42.7 Å². The van der Waals surface area contributed by atoms with Gasteiger partial charge in [-0.25, -0.2) is 0 Å². The quantitative estimate of drug-likeness (QED) is 0.691. The van der Waals surface area contributed by atoms with E-state index in [1.165, 1.54) is 0 Å². The molecule has 130 valence electrons. The highest BCUT2D eigenvalue weighted by Crippen LogP contribution is 2.33. The minimum Gasteiger partial charge on any atom is -0.456 e. The van der Waals surface area contributed by atoms with Crippen LogP contribution in [0, 0.1) is 5.92 Å². The minimum absolute atomic E-state index is 0.248. The van der Waals surface area contributed by atoms with Crippen LogP contribution in [0.2, 0.25) is 5.02 Å². The maximum atomic E-state index is 6.31. The Labute approximate surface area is 151 Å². The highest BCUT2D eigenvalue weighted by Gasteiger charge is 2.17. The van der Waals surface area contributed by atoms with Gasteiger partial charge in [-0.2, -0.15) is 4.98 Å². The van der Waals surface area contributed by atoms with Crippen molar-refractivity contribution in [1.29, 1.82) is 0 Å². The van der Waals surface area contributed by atoms with Gasteiger partial charge in [0.25, 0.3) is 5.89 Å². The van der Waals surface area contributed by atoms with Crippen molar-refractivity contribution in [2.24, 2.45) is 11.7 Å². The van der Waals surface area contributed by atoms with Crippen molar-refractivity contribution in [3.8, 4) is 23.0 Å². The fourth-order valence-electron chi connectivity index (χ4n) is 2.37. The van der Waals surface area contributed by atoms with Crippen molar-refractivity contribution >= 4 is 11.6 Å². The van der Waals surface area contributed by atoms with Crippen LogP contribution in [-0.2, 0) is 0 Å². The van der Waals surface area contributed by atoms with E-state index in [9.17, 15) is 0 Å². The monoisotopic (exact) mass is 358 g/mol. The van der Waals surface area contributed by atoms with Crippen molar-refractivity contribution < 1.29 is 9.26 Å². The van der Waals surface area contributed by atoms with Gasteiger partial charge in [0, 0.05) is 18.0 Å². The lowest BCUT2D eigenvalue weighted by molar-refractivity contribution is 0.405. The zero-order valence-corrected chi connectivity index (χ0v) is 14.8. The van der Waals surface area contributed by atoms with Gasteiger partial charge in [0.05, 0.1) is 11.1 Å². The molecule has 3 rings (SSSR count). The smallest absolute Gasteiger partial charge is 0.258 e. The number of halogens is 1. The second kappa shape index (κ2) is 7.63. The van der Waals surface area contributed by atoms with E-state index in [2.05, 4.69) is 29.0 Å². The molecule has 7 heteroatoms. The van der Waals surface area contributed by atoms with Crippen LogP contribution in [0.5, 0.6) is 11.5 Å². The van der Waals surface area contributed by atoms with Gasteiger partial charge >= 0.3 is 0 Å². The van der Waals surface area contributed by atoms with Gasteiger partial charge in [0.2, 0.25) is 0 Å². The SMILES string of the molecule is CC(C)CC(N)c1noc(-c2ccc(Oc3ccncc3)c(Cl)c2)n1. The number of pyridine rings is 1. The van der Waals surface area contributed by atoms with Crippen LogP contribution in [0.25, 0.3) is 11.5 Å². The van der Waals surface area contributed by atoms with E-state index in [0.29, 0.717) is 39.7 Å². The Balaban J connectivity index is 1.78. The molecule has 3 aromatic rings. The van der Waals surface area contributed by atoms with E-state index < -0.39 is 0 Å². The summed E-state index contributed by atoms with van der Waals surface area (Å²) in [7, 11) is 0. The van der Waals surface area contributed by atoms with Gasteiger partial charge < -0.3 is 15.0 Å². The Morgan fingerprint density at radius 1 is 1.20 bits per heavy atom. The predicted octanol–water partition coefficient (Wildman–Crippen LogP) is 4.62. The van der Waals surface area contributed by atoms with E-state index >= 15 is 0 Å². The summed E-state index contributed by atoms with van der Waals surface area (Å²) in [6.45, 7) is 4.20. The Kier molecular flexibility index (Phi) is 5.31. The molecule has 2 N–H and O–H groups in total. The van der Waals surface area contributed by atoms with E-state index in [1.807, 2.05) is 6.07 Å². The summed E-state index contributed by atoms with van der Waals surface area (Å²) in [5.74, 6) is 2.52. The summed E-state index contributed by atoms with van der Waals surface area (Å²) in [5, 5.41) is 4.42. The second-order valence-corrected chi connectivity index (χ2v) is 6.53. The number of hydrogen-bond acceptors (Lipinski definition) is 6. The van der Waals surface area contributed by atoms with Gasteiger partial charge in [0.1, 0.15) is 11.5 Å². The molecule has 1 unspecified atom stereocenters. The molecule has 0 aliphatic carbocycles. The van der Waals surface area contributed by atoms with Crippen LogP contribution in [0.3, 0.4) is 0 Å². The molecule has 0 radical (unpaired) electrons. The molecular weight excluding hydrogens is 340 g/mol. The Hall–Kier alpha value is -2.44. The first-order valence-corrected chi connectivity index (χ1v) is 8.37. The lowest BCUT2D eigenvalue weighted by Crippen LogP contribution is -2.14. The average molecular weight is 359 g/mol. The molecule has 0 saturated carbocycles. The highest BCUT2D eigenvalue weighted by molar-refractivity contribution is 6.32. The Morgan fingerprint density at radius 3 is 2.64 bits per heavy atom. The summed E-state index contributed by atoms with van der Waals surface area (Å²) in [5.41, 5.74) is 6.80. The Morgan fingerprint density at radius 2 is 1.96 bits per heavy atom. The molecule has 2 aromatic heterocycles. The van der Waals surface area contributed by atoms with E-state index in [1.54, 1.807) is 36.7 Å². The molecule has 6 nitrogen and oxygen atoms in total. The molecule has 25 heavy (non-hydrogen) atoms. The first kappa shape index (κ1) is 17.4. The third-order valence-electron chi connectivity index (χ3n) is 3.56. The van der Waals surface area contributed by atoms with E-state index in [-0.39, 0.29) is 6.04 Å².